The summed E-state index contributed by atoms with van der Waals surface area (Å²) in [5, 5.41) is 3.33. The van der Waals surface area contributed by atoms with Crippen LogP contribution in [0.25, 0.3) is 0 Å². The van der Waals surface area contributed by atoms with Gasteiger partial charge in [0, 0.05) is 24.5 Å². The highest BCUT2D eigenvalue weighted by molar-refractivity contribution is 5.31. The van der Waals surface area contributed by atoms with Crippen molar-refractivity contribution >= 4 is 0 Å². The molecule has 2 unspecified atom stereocenters. The van der Waals surface area contributed by atoms with Crippen LogP contribution in [0.3, 0.4) is 0 Å². The summed E-state index contributed by atoms with van der Waals surface area (Å²) in [6.45, 7) is 5.63. The number of rotatable bonds is 2. The molecule has 1 aliphatic rings. The molecular formula is C13H19FN2. The van der Waals surface area contributed by atoms with Gasteiger partial charge >= 0.3 is 0 Å². The van der Waals surface area contributed by atoms with Crippen LogP contribution < -0.4 is 11.1 Å². The minimum absolute atomic E-state index is 0.145. The lowest BCUT2D eigenvalue weighted by atomic mass is 9.80. The van der Waals surface area contributed by atoms with Gasteiger partial charge in [0.2, 0.25) is 0 Å². The van der Waals surface area contributed by atoms with Crippen molar-refractivity contribution in [1.29, 1.82) is 0 Å². The molecule has 3 N–H and O–H groups in total. The summed E-state index contributed by atoms with van der Waals surface area (Å²) < 4.78 is 13.2. The van der Waals surface area contributed by atoms with E-state index in [1.807, 2.05) is 12.1 Å². The van der Waals surface area contributed by atoms with Gasteiger partial charge in [-0.2, -0.15) is 0 Å². The molecule has 0 aliphatic carbocycles. The van der Waals surface area contributed by atoms with E-state index in [1.165, 1.54) is 0 Å². The standard InChI is InChI=1S/C13H19FN2/c1-3-13(15)8-16-7-11(13)10-4-5-12(14)9(2)6-10/h4-6,11,16H,3,7-8,15H2,1-2H3. The summed E-state index contributed by atoms with van der Waals surface area (Å²) in [7, 11) is 0. The molecule has 2 rings (SSSR count). The van der Waals surface area contributed by atoms with Crippen molar-refractivity contribution in [2.24, 2.45) is 5.73 Å². The first-order valence-corrected chi connectivity index (χ1v) is 5.82. The van der Waals surface area contributed by atoms with Crippen LogP contribution in [0, 0.1) is 12.7 Å². The molecular weight excluding hydrogens is 203 g/mol. The molecule has 16 heavy (non-hydrogen) atoms. The second-order valence-electron chi connectivity index (χ2n) is 4.78. The van der Waals surface area contributed by atoms with Crippen LogP contribution in [0.1, 0.15) is 30.4 Å². The molecule has 1 saturated heterocycles. The molecule has 3 heteroatoms. The Balaban J connectivity index is 2.33. The van der Waals surface area contributed by atoms with E-state index in [0.29, 0.717) is 5.56 Å². The highest BCUT2D eigenvalue weighted by atomic mass is 19.1. The number of nitrogens with one attached hydrogen (secondary N) is 1. The van der Waals surface area contributed by atoms with E-state index in [9.17, 15) is 4.39 Å². The van der Waals surface area contributed by atoms with Gasteiger partial charge in [0.1, 0.15) is 5.82 Å². The molecule has 1 aromatic rings. The molecule has 2 atom stereocenters. The van der Waals surface area contributed by atoms with Crippen molar-refractivity contribution in [2.45, 2.75) is 31.7 Å². The number of halogens is 1. The molecule has 1 aliphatic heterocycles. The topological polar surface area (TPSA) is 38.0 Å². The molecule has 0 spiro atoms. The SMILES string of the molecule is CCC1(N)CNCC1c1ccc(F)c(C)c1. The third-order valence-electron chi connectivity index (χ3n) is 3.74. The van der Waals surface area contributed by atoms with E-state index in [-0.39, 0.29) is 17.3 Å². The molecule has 0 aromatic heterocycles. The van der Waals surface area contributed by atoms with Crippen molar-refractivity contribution in [3.05, 3.63) is 35.1 Å². The number of aryl methyl sites for hydroxylation is 1. The Bertz CT molecular complexity index is 392. The minimum atomic E-state index is -0.190. The zero-order valence-electron chi connectivity index (χ0n) is 9.89. The van der Waals surface area contributed by atoms with E-state index in [0.717, 1.165) is 25.1 Å². The zero-order valence-corrected chi connectivity index (χ0v) is 9.89. The van der Waals surface area contributed by atoms with E-state index < -0.39 is 0 Å². The lowest BCUT2D eigenvalue weighted by molar-refractivity contribution is 0.405. The first-order valence-electron chi connectivity index (χ1n) is 5.82. The Kier molecular flexibility index (Phi) is 3.00. The zero-order chi connectivity index (χ0) is 11.8. The summed E-state index contributed by atoms with van der Waals surface area (Å²) >= 11 is 0. The van der Waals surface area contributed by atoms with Crippen molar-refractivity contribution in [1.82, 2.24) is 5.32 Å². The average Bonchev–Trinajstić information content (AvgIpc) is 2.65. The lowest BCUT2D eigenvalue weighted by Crippen LogP contribution is -2.45. The van der Waals surface area contributed by atoms with Gasteiger partial charge in [-0.3, -0.25) is 0 Å². The Morgan fingerprint density at radius 3 is 2.94 bits per heavy atom. The molecule has 0 saturated carbocycles. The highest BCUT2D eigenvalue weighted by Crippen LogP contribution is 2.32. The molecule has 1 fully saturated rings. The maximum Gasteiger partial charge on any atom is 0.126 e. The maximum atomic E-state index is 13.2. The summed E-state index contributed by atoms with van der Waals surface area (Å²) in [6.07, 6.45) is 0.932. The highest BCUT2D eigenvalue weighted by Gasteiger charge is 2.38. The van der Waals surface area contributed by atoms with Crippen LogP contribution >= 0.6 is 0 Å². The van der Waals surface area contributed by atoms with Crippen LogP contribution in [0.2, 0.25) is 0 Å². The van der Waals surface area contributed by atoms with Crippen molar-refractivity contribution < 1.29 is 4.39 Å². The largest absolute Gasteiger partial charge is 0.323 e. The molecule has 0 bridgehead atoms. The summed E-state index contributed by atoms with van der Waals surface area (Å²) in [6, 6.07) is 5.32. The summed E-state index contributed by atoms with van der Waals surface area (Å²) in [4.78, 5) is 0. The predicted octanol–water partition coefficient (Wildman–Crippen LogP) is 1.93. The fourth-order valence-corrected chi connectivity index (χ4v) is 2.48. The average molecular weight is 222 g/mol. The number of hydrogen-bond donors (Lipinski definition) is 2. The van der Waals surface area contributed by atoms with Gasteiger partial charge in [-0.05, 0) is 30.5 Å². The quantitative estimate of drug-likeness (QED) is 0.802. The fraction of sp³-hybridized carbons (Fsp3) is 0.538. The van der Waals surface area contributed by atoms with Gasteiger partial charge in [-0.1, -0.05) is 19.1 Å². The second kappa shape index (κ2) is 4.15. The van der Waals surface area contributed by atoms with Crippen LogP contribution in [0.5, 0.6) is 0 Å². The van der Waals surface area contributed by atoms with E-state index in [4.69, 9.17) is 5.73 Å². The van der Waals surface area contributed by atoms with Crippen LogP contribution in [-0.4, -0.2) is 18.6 Å². The smallest absolute Gasteiger partial charge is 0.126 e. The first-order chi connectivity index (χ1) is 7.57. The van der Waals surface area contributed by atoms with Crippen LogP contribution in [0.15, 0.2) is 18.2 Å². The molecule has 1 heterocycles. The number of hydrogen-bond acceptors (Lipinski definition) is 2. The normalized spacial score (nSPS) is 29.6. The van der Waals surface area contributed by atoms with Crippen LogP contribution in [-0.2, 0) is 0 Å². The van der Waals surface area contributed by atoms with Gasteiger partial charge in [-0.15, -0.1) is 0 Å². The van der Waals surface area contributed by atoms with Gasteiger partial charge in [-0.25, -0.2) is 4.39 Å². The Morgan fingerprint density at radius 2 is 2.31 bits per heavy atom. The fourth-order valence-electron chi connectivity index (χ4n) is 2.48. The number of nitrogens with two attached hydrogens (primary N) is 1. The van der Waals surface area contributed by atoms with E-state index in [2.05, 4.69) is 12.2 Å². The Hall–Kier alpha value is -0.930. The van der Waals surface area contributed by atoms with Gasteiger partial charge in [0.15, 0.2) is 0 Å². The van der Waals surface area contributed by atoms with E-state index in [1.54, 1.807) is 13.0 Å². The third-order valence-corrected chi connectivity index (χ3v) is 3.74. The molecule has 1 aromatic carbocycles. The van der Waals surface area contributed by atoms with Gasteiger partial charge in [0.05, 0.1) is 0 Å². The maximum absolute atomic E-state index is 13.2. The predicted molar refractivity (Wildman–Crippen MR) is 64.0 cm³/mol. The monoisotopic (exact) mass is 222 g/mol. The Labute approximate surface area is 96.0 Å². The van der Waals surface area contributed by atoms with Gasteiger partial charge in [0.25, 0.3) is 0 Å². The van der Waals surface area contributed by atoms with Crippen LogP contribution in [0.4, 0.5) is 4.39 Å². The molecule has 0 radical (unpaired) electrons. The number of benzene rings is 1. The third kappa shape index (κ3) is 1.85. The molecule has 2 nitrogen and oxygen atoms in total. The van der Waals surface area contributed by atoms with Gasteiger partial charge < -0.3 is 11.1 Å². The van der Waals surface area contributed by atoms with Crippen molar-refractivity contribution in [3.63, 3.8) is 0 Å². The van der Waals surface area contributed by atoms with E-state index >= 15 is 0 Å². The van der Waals surface area contributed by atoms with Crippen molar-refractivity contribution in [3.8, 4) is 0 Å². The lowest BCUT2D eigenvalue weighted by Gasteiger charge is -2.29. The summed E-state index contributed by atoms with van der Waals surface area (Å²) in [5.74, 6) is 0.144. The second-order valence-corrected chi connectivity index (χ2v) is 4.78. The first kappa shape index (κ1) is 11.6. The molecule has 0 amide bonds. The minimum Gasteiger partial charge on any atom is -0.323 e. The summed E-state index contributed by atoms with van der Waals surface area (Å²) in [5.41, 5.74) is 8.02. The van der Waals surface area contributed by atoms with Crippen molar-refractivity contribution in [2.75, 3.05) is 13.1 Å². The Morgan fingerprint density at radius 1 is 1.56 bits per heavy atom. The molecule has 88 valence electrons.